The topological polar surface area (TPSA) is 81.7 Å². The smallest absolute Gasteiger partial charge is 0.326 e. The van der Waals surface area contributed by atoms with Gasteiger partial charge in [0.1, 0.15) is 6.04 Å². The van der Waals surface area contributed by atoms with Crippen LogP contribution >= 0.6 is 0 Å². The number of urea groups is 1. The van der Waals surface area contributed by atoms with Gasteiger partial charge in [-0.3, -0.25) is 4.90 Å². The van der Waals surface area contributed by atoms with E-state index in [1.807, 2.05) is 6.92 Å². The van der Waals surface area contributed by atoms with E-state index < -0.39 is 12.0 Å². The maximum absolute atomic E-state index is 11.9. The van der Waals surface area contributed by atoms with Crippen molar-refractivity contribution in [2.24, 2.45) is 0 Å². The van der Waals surface area contributed by atoms with Crippen molar-refractivity contribution in [3.8, 4) is 0 Å². The molecular weight excluding hydrogens is 258 g/mol. The molecular formula is C14H25N3O3. The summed E-state index contributed by atoms with van der Waals surface area (Å²) in [6, 6.07) is -0.260. The second kappa shape index (κ2) is 6.92. The summed E-state index contributed by atoms with van der Waals surface area (Å²) in [5, 5.41) is 14.5. The minimum atomic E-state index is -0.959. The molecule has 3 N–H and O–H groups in total. The number of carbonyl (C=O) groups is 2. The number of amides is 2. The Balaban J connectivity index is 1.71. The van der Waals surface area contributed by atoms with Gasteiger partial charge in [0.25, 0.3) is 0 Å². The zero-order chi connectivity index (χ0) is 14.5. The largest absolute Gasteiger partial charge is 0.480 e. The van der Waals surface area contributed by atoms with Gasteiger partial charge >= 0.3 is 12.0 Å². The van der Waals surface area contributed by atoms with E-state index in [1.165, 1.54) is 12.8 Å². The predicted molar refractivity (Wildman–Crippen MR) is 75.6 cm³/mol. The molecule has 0 bridgehead atoms. The van der Waals surface area contributed by atoms with Crippen molar-refractivity contribution in [1.82, 2.24) is 15.5 Å². The molecule has 1 saturated carbocycles. The fraction of sp³-hybridized carbons (Fsp3) is 0.857. The minimum absolute atomic E-state index is 0.149. The van der Waals surface area contributed by atoms with Crippen molar-refractivity contribution in [2.75, 3.05) is 13.1 Å². The molecule has 2 rings (SSSR count). The number of rotatable bonds is 7. The quantitative estimate of drug-likeness (QED) is 0.655. The molecule has 0 spiro atoms. The van der Waals surface area contributed by atoms with Gasteiger partial charge in [0.05, 0.1) is 0 Å². The van der Waals surface area contributed by atoms with Crippen LogP contribution in [0.25, 0.3) is 0 Å². The number of nitrogens with zero attached hydrogens (tertiary/aromatic N) is 1. The molecule has 0 aromatic rings. The SMILES string of the molecule is CCCC[C@H](NC(=O)NC1CCN(C2CC2)C1)C(=O)O. The van der Waals surface area contributed by atoms with Gasteiger partial charge in [0.2, 0.25) is 0 Å². The van der Waals surface area contributed by atoms with Crippen molar-refractivity contribution < 1.29 is 14.7 Å². The van der Waals surface area contributed by atoms with E-state index in [0.29, 0.717) is 6.42 Å². The fourth-order valence-corrected chi connectivity index (χ4v) is 2.73. The van der Waals surface area contributed by atoms with Crippen molar-refractivity contribution in [1.29, 1.82) is 0 Å². The third kappa shape index (κ3) is 4.37. The third-order valence-electron chi connectivity index (χ3n) is 4.07. The first-order chi connectivity index (χ1) is 9.60. The molecule has 20 heavy (non-hydrogen) atoms. The van der Waals surface area contributed by atoms with Crippen LogP contribution < -0.4 is 10.6 Å². The number of carboxylic acids is 1. The molecule has 114 valence electrons. The average Bonchev–Trinajstić information content (AvgIpc) is 3.15. The van der Waals surface area contributed by atoms with Crippen molar-refractivity contribution in [2.45, 2.75) is 63.6 Å². The molecule has 2 amide bonds. The number of carboxylic acid groups (broad SMARTS) is 1. The predicted octanol–water partition coefficient (Wildman–Crippen LogP) is 1.17. The summed E-state index contributed by atoms with van der Waals surface area (Å²) in [5.41, 5.74) is 0. The highest BCUT2D eigenvalue weighted by Gasteiger charge is 2.35. The highest BCUT2D eigenvalue weighted by Crippen LogP contribution is 2.29. The Morgan fingerprint density at radius 1 is 1.35 bits per heavy atom. The Bertz CT molecular complexity index is 358. The Labute approximate surface area is 119 Å². The van der Waals surface area contributed by atoms with Crippen LogP contribution in [0.4, 0.5) is 4.79 Å². The van der Waals surface area contributed by atoms with E-state index in [2.05, 4.69) is 15.5 Å². The van der Waals surface area contributed by atoms with E-state index >= 15 is 0 Å². The van der Waals surface area contributed by atoms with Gasteiger partial charge in [-0.1, -0.05) is 19.8 Å². The highest BCUT2D eigenvalue weighted by molar-refractivity contribution is 5.82. The molecule has 0 aromatic carbocycles. The number of unbranched alkanes of at least 4 members (excludes halogenated alkanes) is 1. The number of nitrogens with one attached hydrogen (secondary N) is 2. The van der Waals surface area contributed by atoms with Gasteiger partial charge in [0.15, 0.2) is 0 Å². The van der Waals surface area contributed by atoms with Crippen LogP contribution in [0.5, 0.6) is 0 Å². The van der Waals surface area contributed by atoms with Crippen LogP contribution in [0, 0.1) is 0 Å². The molecule has 0 radical (unpaired) electrons. The maximum Gasteiger partial charge on any atom is 0.326 e. The number of carbonyl (C=O) groups excluding carboxylic acids is 1. The van der Waals surface area contributed by atoms with Crippen LogP contribution in [0.15, 0.2) is 0 Å². The first kappa shape index (κ1) is 15.1. The van der Waals surface area contributed by atoms with Crippen LogP contribution in [-0.4, -0.2) is 53.2 Å². The summed E-state index contributed by atoms with van der Waals surface area (Å²) in [7, 11) is 0. The normalized spacial score (nSPS) is 24.4. The lowest BCUT2D eigenvalue weighted by molar-refractivity contribution is -0.139. The van der Waals surface area contributed by atoms with E-state index in [0.717, 1.165) is 38.4 Å². The summed E-state index contributed by atoms with van der Waals surface area (Å²) in [6.45, 7) is 3.93. The second-order valence-electron chi connectivity index (χ2n) is 5.86. The lowest BCUT2D eigenvalue weighted by Crippen LogP contribution is -2.49. The minimum Gasteiger partial charge on any atom is -0.480 e. The van der Waals surface area contributed by atoms with Gasteiger partial charge in [-0.15, -0.1) is 0 Å². The van der Waals surface area contributed by atoms with Gasteiger partial charge in [-0.25, -0.2) is 9.59 Å². The molecule has 1 unspecified atom stereocenters. The third-order valence-corrected chi connectivity index (χ3v) is 4.07. The van der Waals surface area contributed by atoms with Crippen LogP contribution in [0.1, 0.15) is 45.4 Å². The molecule has 2 fully saturated rings. The maximum atomic E-state index is 11.9. The van der Waals surface area contributed by atoms with E-state index in [-0.39, 0.29) is 12.1 Å². The van der Waals surface area contributed by atoms with E-state index in [1.54, 1.807) is 0 Å². The van der Waals surface area contributed by atoms with E-state index in [9.17, 15) is 9.59 Å². The molecule has 6 heteroatoms. The molecule has 1 aliphatic carbocycles. The number of aliphatic carboxylic acids is 1. The Morgan fingerprint density at radius 2 is 2.10 bits per heavy atom. The number of hydrogen-bond acceptors (Lipinski definition) is 3. The van der Waals surface area contributed by atoms with Gasteiger partial charge < -0.3 is 15.7 Å². The summed E-state index contributed by atoms with van der Waals surface area (Å²) in [6.07, 6.45) is 5.71. The summed E-state index contributed by atoms with van der Waals surface area (Å²) in [4.78, 5) is 25.4. The molecule has 2 aliphatic rings. The molecule has 2 atom stereocenters. The Morgan fingerprint density at radius 3 is 2.70 bits per heavy atom. The van der Waals surface area contributed by atoms with E-state index in [4.69, 9.17) is 5.11 Å². The monoisotopic (exact) mass is 283 g/mol. The summed E-state index contributed by atoms with van der Waals surface area (Å²) < 4.78 is 0. The zero-order valence-corrected chi connectivity index (χ0v) is 12.1. The van der Waals surface area contributed by atoms with Crippen molar-refractivity contribution in [3.05, 3.63) is 0 Å². The summed E-state index contributed by atoms with van der Waals surface area (Å²) in [5.74, 6) is -0.959. The molecule has 0 aromatic heterocycles. The molecule has 1 aliphatic heterocycles. The highest BCUT2D eigenvalue weighted by atomic mass is 16.4. The lowest BCUT2D eigenvalue weighted by Gasteiger charge is -2.18. The van der Waals surface area contributed by atoms with Gasteiger partial charge in [-0.05, 0) is 25.7 Å². The van der Waals surface area contributed by atoms with Gasteiger partial charge in [0, 0.05) is 25.2 Å². The number of hydrogen-bond donors (Lipinski definition) is 3. The molecule has 6 nitrogen and oxygen atoms in total. The first-order valence-corrected chi connectivity index (χ1v) is 7.64. The molecule has 1 saturated heterocycles. The lowest BCUT2D eigenvalue weighted by atomic mass is 10.1. The zero-order valence-electron chi connectivity index (χ0n) is 12.1. The van der Waals surface area contributed by atoms with Gasteiger partial charge in [-0.2, -0.15) is 0 Å². The first-order valence-electron chi connectivity index (χ1n) is 7.64. The summed E-state index contributed by atoms with van der Waals surface area (Å²) >= 11 is 0. The van der Waals surface area contributed by atoms with Crippen LogP contribution in [-0.2, 0) is 4.79 Å². The average molecular weight is 283 g/mol. The van der Waals surface area contributed by atoms with Crippen molar-refractivity contribution >= 4 is 12.0 Å². The standard InChI is InChI=1S/C14H25N3O3/c1-2-3-4-12(13(18)19)16-14(20)15-10-7-8-17(9-10)11-5-6-11/h10-12H,2-9H2,1H3,(H,18,19)(H2,15,16,20)/t10?,12-/m0/s1. The Kier molecular flexibility index (Phi) is 5.23. The Hall–Kier alpha value is -1.30. The molecule has 1 heterocycles. The van der Waals surface area contributed by atoms with Crippen LogP contribution in [0.3, 0.4) is 0 Å². The van der Waals surface area contributed by atoms with Crippen molar-refractivity contribution in [3.63, 3.8) is 0 Å². The fourth-order valence-electron chi connectivity index (χ4n) is 2.73. The number of likely N-dealkylation sites (tertiary alicyclic amines) is 1. The second-order valence-corrected chi connectivity index (χ2v) is 5.86. The van der Waals surface area contributed by atoms with Crippen LogP contribution in [0.2, 0.25) is 0 Å².